The third-order valence-corrected chi connectivity index (χ3v) is 5.97. The third kappa shape index (κ3) is 2.80. The van der Waals surface area contributed by atoms with E-state index in [1.807, 2.05) is 0 Å². The average Bonchev–Trinajstić information content (AvgIpc) is 2.49. The molecule has 0 aromatic heterocycles. The molecule has 4 rings (SSSR count). The lowest BCUT2D eigenvalue weighted by Gasteiger charge is -2.55. The lowest BCUT2D eigenvalue weighted by atomic mass is 9.49. The standard InChI is InChI=1S/C18H27NO3/c1-3-4-5-15(16(20)22-2)19-17(21)18-9-12-6-13(10-18)8-14(7-12)11-18/h3,12-15H,1,4-11H2,2H3,(H,19,21)/t12?,13?,14?,15-,18?/m0/s1. The van der Waals surface area contributed by atoms with Crippen molar-refractivity contribution in [1.29, 1.82) is 0 Å². The number of hydrogen-bond donors (Lipinski definition) is 1. The minimum atomic E-state index is -0.538. The molecule has 0 heterocycles. The lowest BCUT2D eigenvalue weighted by molar-refractivity contribution is -0.153. The Bertz CT molecular complexity index is 436. The number of rotatable bonds is 6. The zero-order chi connectivity index (χ0) is 15.7. The molecule has 4 saturated carbocycles. The second-order valence-corrected chi connectivity index (χ2v) is 7.61. The summed E-state index contributed by atoms with van der Waals surface area (Å²) < 4.78 is 4.84. The van der Waals surface area contributed by atoms with Gasteiger partial charge in [0.25, 0.3) is 0 Å². The topological polar surface area (TPSA) is 55.4 Å². The van der Waals surface area contributed by atoms with Gasteiger partial charge >= 0.3 is 5.97 Å². The summed E-state index contributed by atoms with van der Waals surface area (Å²) in [5.74, 6) is 1.91. The molecule has 122 valence electrons. The van der Waals surface area contributed by atoms with Gasteiger partial charge in [0.2, 0.25) is 5.91 Å². The molecule has 0 saturated heterocycles. The zero-order valence-corrected chi connectivity index (χ0v) is 13.5. The number of amides is 1. The third-order valence-electron chi connectivity index (χ3n) is 5.97. The van der Waals surface area contributed by atoms with Crippen LogP contribution in [0.3, 0.4) is 0 Å². The van der Waals surface area contributed by atoms with Crippen LogP contribution in [0.4, 0.5) is 0 Å². The van der Waals surface area contributed by atoms with Crippen molar-refractivity contribution in [2.75, 3.05) is 7.11 Å². The maximum Gasteiger partial charge on any atom is 0.328 e. The first-order chi connectivity index (χ1) is 10.6. The fourth-order valence-corrected chi connectivity index (χ4v) is 5.38. The summed E-state index contributed by atoms with van der Waals surface area (Å²) in [7, 11) is 1.38. The van der Waals surface area contributed by atoms with E-state index in [9.17, 15) is 9.59 Å². The molecule has 0 unspecified atom stereocenters. The SMILES string of the molecule is C=CCC[C@H](NC(=O)C12CC3CC(CC(C3)C1)C2)C(=O)OC. The highest BCUT2D eigenvalue weighted by atomic mass is 16.5. The molecule has 1 N–H and O–H groups in total. The normalized spacial score (nSPS) is 36.7. The Labute approximate surface area is 132 Å². The van der Waals surface area contributed by atoms with Gasteiger partial charge in [0, 0.05) is 5.41 Å². The Balaban J connectivity index is 1.69. The van der Waals surface area contributed by atoms with Crippen molar-refractivity contribution in [3.63, 3.8) is 0 Å². The highest BCUT2D eigenvalue weighted by Gasteiger charge is 2.54. The van der Waals surface area contributed by atoms with Gasteiger partial charge < -0.3 is 10.1 Å². The summed E-state index contributed by atoms with van der Waals surface area (Å²) in [6, 6.07) is -0.538. The highest BCUT2D eigenvalue weighted by Crippen LogP contribution is 2.60. The molecule has 4 nitrogen and oxygen atoms in total. The molecular formula is C18H27NO3. The number of hydrogen-bond acceptors (Lipinski definition) is 3. The number of carbonyl (C=O) groups is 2. The van der Waals surface area contributed by atoms with Crippen LogP contribution in [0.5, 0.6) is 0 Å². The molecule has 0 radical (unpaired) electrons. The van der Waals surface area contributed by atoms with E-state index in [-0.39, 0.29) is 17.3 Å². The van der Waals surface area contributed by atoms with E-state index >= 15 is 0 Å². The maximum atomic E-state index is 12.9. The molecule has 0 aromatic carbocycles. The van der Waals surface area contributed by atoms with Gasteiger partial charge in [0.1, 0.15) is 6.04 Å². The van der Waals surface area contributed by atoms with Gasteiger partial charge in [-0.25, -0.2) is 4.79 Å². The van der Waals surface area contributed by atoms with E-state index < -0.39 is 6.04 Å². The van der Waals surface area contributed by atoms with Crippen LogP contribution < -0.4 is 5.32 Å². The summed E-state index contributed by atoms with van der Waals surface area (Å²) in [5, 5.41) is 3.00. The minimum absolute atomic E-state index is 0.0889. The summed E-state index contributed by atoms with van der Waals surface area (Å²) in [5.41, 5.74) is -0.213. The van der Waals surface area contributed by atoms with E-state index in [1.165, 1.54) is 26.4 Å². The fraction of sp³-hybridized carbons (Fsp3) is 0.778. The Morgan fingerprint density at radius 2 is 1.77 bits per heavy atom. The van der Waals surface area contributed by atoms with Crippen LogP contribution in [-0.4, -0.2) is 25.0 Å². The first-order valence-electron chi connectivity index (χ1n) is 8.56. The minimum Gasteiger partial charge on any atom is -0.467 e. The molecule has 1 amide bonds. The Morgan fingerprint density at radius 1 is 1.23 bits per heavy atom. The quantitative estimate of drug-likeness (QED) is 0.606. The van der Waals surface area contributed by atoms with Crippen LogP contribution in [0.15, 0.2) is 12.7 Å². The molecule has 4 fully saturated rings. The predicted molar refractivity (Wildman–Crippen MR) is 84.0 cm³/mol. The average molecular weight is 305 g/mol. The van der Waals surface area contributed by atoms with Crippen molar-refractivity contribution in [1.82, 2.24) is 5.32 Å². The summed E-state index contributed by atoms with van der Waals surface area (Å²) >= 11 is 0. The monoisotopic (exact) mass is 305 g/mol. The number of nitrogens with one attached hydrogen (secondary N) is 1. The molecule has 1 atom stereocenters. The van der Waals surface area contributed by atoms with Gasteiger partial charge in [-0.05, 0) is 69.1 Å². The van der Waals surface area contributed by atoms with E-state index in [2.05, 4.69) is 11.9 Å². The Kier molecular flexibility index (Phi) is 4.28. The van der Waals surface area contributed by atoms with Gasteiger partial charge in [0.15, 0.2) is 0 Å². The molecule has 4 bridgehead atoms. The molecule has 4 aliphatic rings. The van der Waals surface area contributed by atoms with E-state index in [1.54, 1.807) is 6.08 Å². The first-order valence-corrected chi connectivity index (χ1v) is 8.56. The number of esters is 1. The van der Waals surface area contributed by atoms with Crippen molar-refractivity contribution >= 4 is 11.9 Å². The van der Waals surface area contributed by atoms with Gasteiger partial charge in [-0.3, -0.25) is 4.79 Å². The van der Waals surface area contributed by atoms with Gasteiger partial charge in [-0.1, -0.05) is 6.08 Å². The largest absolute Gasteiger partial charge is 0.467 e. The molecule has 0 aliphatic heterocycles. The van der Waals surface area contributed by atoms with Gasteiger partial charge in [0.05, 0.1) is 7.11 Å². The van der Waals surface area contributed by atoms with Crippen LogP contribution in [-0.2, 0) is 14.3 Å². The van der Waals surface area contributed by atoms with Crippen LogP contribution in [0.25, 0.3) is 0 Å². The molecule has 4 aliphatic carbocycles. The van der Waals surface area contributed by atoms with E-state index in [0.29, 0.717) is 12.8 Å². The van der Waals surface area contributed by atoms with Crippen molar-refractivity contribution in [3.05, 3.63) is 12.7 Å². The van der Waals surface area contributed by atoms with Gasteiger partial charge in [-0.15, -0.1) is 6.58 Å². The van der Waals surface area contributed by atoms with Crippen LogP contribution in [0.1, 0.15) is 51.4 Å². The van der Waals surface area contributed by atoms with Crippen molar-refractivity contribution in [2.24, 2.45) is 23.2 Å². The molecule has 4 heteroatoms. The van der Waals surface area contributed by atoms with Crippen LogP contribution in [0.2, 0.25) is 0 Å². The maximum absolute atomic E-state index is 12.9. The first kappa shape index (κ1) is 15.6. The number of methoxy groups -OCH3 is 1. The smallest absolute Gasteiger partial charge is 0.328 e. The summed E-state index contributed by atoms with van der Waals surface area (Å²) in [6.45, 7) is 3.69. The van der Waals surface area contributed by atoms with Gasteiger partial charge in [-0.2, -0.15) is 0 Å². The summed E-state index contributed by atoms with van der Waals surface area (Å²) in [6.07, 6.45) is 10.00. The molecular weight excluding hydrogens is 278 g/mol. The second-order valence-electron chi connectivity index (χ2n) is 7.61. The van der Waals surface area contributed by atoms with Crippen molar-refractivity contribution in [2.45, 2.75) is 57.4 Å². The Morgan fingerprint density at radius 3 is 2.23 bits per heavy atom. The van der Waals surface area contributed by atoms with E-state index in [4.69, 9.17) is 4.74 Å². The van der Waals surface area contributed by atoms with Crippen LogP contribution >= 0.6 is 0 Å². The van der Waals surface area contributed by atoms with Crippen LogP contribution in [0, 0.1) is 23.2 Å². The number of ether oxygens (including phenoxy) is 1. The molecule has 22 heavy (non-hydrogen) atoms. The zero-order valence-electron chi connectivity index (χ0n) is 13.5. The lowest BCUT2D eigenvalue weighted by Crippen LogP contribution is -2.56. The molecule has 0 aromatic rings. The predicted octanol–water partition coefficient (Wildman–Crippen LogP) is 2.83. The summed E-state index contributed by atoms with van der Waals surface area (Å²) in [4.78, 5) is 24.9. The fourth-order valence-electron chi connectivity index (χ4n) is 5.38. The molecule has 0 spiro atoms. The Hall–Kier alpha value is -1.32. The number of allylic oxidation sites excluding steroid dienone is 1. The van der Waals surface area contributed by atoms with E-state index in [0.717, 1.165) is 37.0 Å². The number of carbonyl (C=O) groups excluding carboxylic acids is 2. The second kappa shape index (κ2) is 6.05. The highest BCUT2D eigenvalue weighted by molar-refractivity contribution is 5.88. The van der Waals surface area contributed by atoms with Crippen molar-refractivity contribution < 1.29 is 14.3 Å². The van der Waals surface area contributed by atoms with Crippen molar-refractivity contribution in [3.8, 4) is 0 Å².